The van der Waals surface area contributed by atoms with Crippen molar-refractivity contribution in [1.82, 2.24) is 4.98 Å². The minimum absolute atomic E-state index is 0.257. The summed E-state index contributed by atoms with van der Waals surface area (Å²) in [7, 11) is 1.50. The van der Waals surface area contributed by atoms with Gasteiger partial charge in [-0.1, -0.05) is 29.8 Å². The number of aryl methyl sites for hydroxylation is 1. The molecule has 5 nitrogen and oxygen atoms in total. The number of methoxy groups -OCH3 is 1. The summed E-state index contributed by atoms with van der Waals surface area (Å²) in [4.78, 5) is 27.1. The Bertz CT molecular complexity index is 1070. The monoisotopic (exact) mass is 368 g/mol. The number of carbonyl (C=O) groups is 1. The fourth-order valence-electron chi connectivity index (χ4n) is 2.56. The summed E-state index contributed by atoms with van der Waals surface area (Å²) in [5, 5.41) is 4.18. The molecule has 0 saturated carbocycles. The van der Waals surface area contributed by atoms with E-state index in [9.17, 15) is 9.59 Å². The molecule has 0 bridgehead atoms. The number of nitrogens with one attached hydrogen (secondary N) is 2. The van der Waals surface area contributed by atoms with Gasteiger partial charge < -0.3 is 15.0 Å². The molecule has 1 aromatic heterocycles. The van der Waals surface area contributed by atoms with Crippen LogP contribution in [0.1, 0.15) is 11.1 Å². The molecule has 26 heavy (non-hydrogen) atoms. The second-order valence-electron chi connectivity index (χ2n) is 5.77. The summed E-state index contributed by atoms with van der Waals surface area (Å²) in [6.45, 7) is 1.84. The van der Waals surface area contributed by atoms with Gasteiger partial charge in [-0.2, -0.15) is 0 Å². The SMILES string of the molecule is COc1cc(Cl)c(C)cc1NC(=O)/C=C/c1cc2ccccc2[nH]c1=O. The third-order valence-electron chi connectivity index (χ3n) is 3.94. The summed E-state index contributed by atoms with van der Waals surface area (Å²) in [6.07, 6.45) is 2.79. The molecule has 6 heteroatoms. The zero-order valence-electron chi connectivity index (χ0n) is 14.3. The Kier molecular flexibility index (Phi) is 5.09. The Morgan fingerprint density at radius 3 is 2.77 bits per heavy atom. The highest BCUT2D eigenvalue weighted by atomic mass is 35.5. The third-order valence-corrected chi connectivity index (χ3v) is 4.34. The highest BCUT2D eigenvalue weighted by Crippen LogP contribution is 2.30. The number of aromatic nitrogens is 1. The minimum atomic E-state index is -0.377. The largest absolute Gasteiger partial charge is 0.495 e. The molecule has 0 aliphatic carbocycles. The first-order valence-electron chi connectivity index (χ1n) is 7.93. The lowest BCUT2D eigenvalue weighted by Gasteiger charge is -2.11. The van der Waals surface area contributed by atoms with E-state index in [-0.39, 0.29) is 11.5 Å². The predicted octanol–water partition coefficient (Wildman–Crippen LogP) is 4.15. The van der Waals surface area contributed by atoms with Crippen LogP contribution < -0.4 is 15.6 Å². The van der Waals surface area contributed by atoms with Crippen LogP contribution in [0.25, 0.3) is 17.0 Å². The number of ether oxygens (including phenoxy) is 1. The van der Waals surface area contributed by atoms with E-state index in [1.807, 2.05) is 31.2 Å². The molecular weight excluding hydrogens is 352 g/mol. The first-order valence-corrected chi connectivity index (χ1v) is 8.31. The van der Waals surface area contributed by atoms with Gasteiger partial charge in [-0.3, -0.25) is 9.59 Å². The Labute approximate surface area is 155 Å². The quantitative estimate of drug-likeness (QED) is 0.679. The average molecular weight is 369 g/mol. The normalized spacial score (nSPS) is 11.0. The highest BCUT2D eigenvalue weighted by molar-refractivity contribution is 6.31. The van der Waals surface area contributed by atoms with E-state index in [1.54, 1.807) is 18.2 Å². The summed E-state index contributed by atoms with van der Waals surface area (Å²) in [5.74, 6) is 0.0866. The number of H-pyrrole nitrogens is 1. The number of carbonyl (C=O) groups excluding carboxylic acids is 1. The first kappa shape index (κ1) is 17.8. The minimum Gasteiger partial charge on any atom is -0.495 e. The van der Waals surface area contributed by atoms with Crippen LogP contribution in [0.5, 0.6) is 5.75 Å². The molecule has 0 aliphatic rings. The molecule has 0 fully saturated rings. The number of amides is 1. The molecule has 3 rings (SSSR count). The van der Waals surface area contributed by atoms with Crippen molar-refractivity contribution in [3.8, 4) is 5.75 Å². The van der Waals surface area contributed by atoms with Crippen molar-refractivity contribution in [2.75, 3.05) is 12.4 Å². The van der Waals surface area contributed by atoms with Gasteiger partial charge in [0.15, 0.2) is 0 Å². The summed E-state index contributed by atoms with van der Waals surface area (Å²) in [5.41, 5.74) is 2.22. The van der Waals surface area contributed by atoms with Gasteiger partial charge >= 0.3 is 0 Å². The summed E-state index contributed by atoms with van der Waals surface area (Å²) in [6, 6.07) is 12.6. The molecule has 1 amide bonds. The van der Waals surface area contributed by atoms with Crippen molar-refractivity contribution < 1.29 is 9.53 Å². The Morgan fingerprint density at radius 2 is 2.00 bits per heavy atom. The molecule has 0 spiro atoms. The maximum atomic E-state index is 12.2. The van der Waals surface area contributed by atoms with Gasteiger partial charge in [0.2, 0.25) is 5.91 Å². The number of hydrogen-bond donors (Lipinski definition) is 2. The van der Waals surface area contributed by atoms with Crippen molar-refractivity contribution >= 4 is 40.2 Å². The highest BCUT2D eigenvalue weighted by Gasteiger charge is 2.09. The van der Waals surface area contributed by atoms with E-state index in [4.69, 9.17) is 16.3 Å². The Morgan fingerprint density at radius 1 is 1.23 bits per heavy atom. The smallest absolute Gasteiger partial charge is 0.255 e. The van der Waals surface area contributed by atoms with Gasteiger partial charge in [0.1, 0.15) is 5.75 Å². The van der Waals surface area contributed by atoms with Gasteiger partial charge in [0, 0.05) is 28.2 Å². The molecule has 1 heterocycles. The van der Waals surface area contributed by atoms with E-state index in [0.29, 0.717) is 22.0 Å². The molecule has 2 aromatic carbocycles. The second-order valence-corrected chi connectivity index (χ2v) is 6.17. The first-order chi connectivity index (χ1) is 12.5. The molecule has 0 radical (unpaired) electrons. The molecule has 132 valence electrons. The lowest BCUT2D eigenvalue weighted by molar-refractivity contribution is -0.111. The topological polar surface area (TPSA) is 71.2 Å². The van der Waals surface area contributed by atoms with Crippen molar-refractivity contribution in [3.05, 3.63) is 75.0 Å². The van der Waals surface area contributed by atoms with Crippen molar-refractivity contribution in [2.45, 2.75) is 6.92 Å². The number of para-hydroxylation sites is 1. The lowest BCUT2D eigenvalue weighted by Crippen LogP contribution is -2.11. The molecule has 3 aromatic rings. The number of rotatable bonds is 4. The fraction of sp³-hybridized carbons (Fsp3) is 0.100. The number of halogens is 1. The zero-order chi connectivity index (χ0) is 18.7. The number of hydrogen-bond acceptors (Lipinski definition) is 3. The number of aromatic amines is 1. The van der Waals surface area contributed by atoms with Crippen molar-refractivity contribution in [2.24, 2.45) is 0 Å². The fourth-order valence-corrected chi connectivity index (χ4v) is 2.71. The van der Waals surface area contributed by atoms with Gasteiger partial charge in [0.05, 0.1) is 12.8 Å². The molecule has 0 saturated heterocycles. The number of fused-ring (bicyclic) bond motifs is 1. The van der Waals surface area contributed by atoms with Crippen LogP contribution in [0.4, 0.5) is 5.69 Å². The van der Waals surface area contributed by atoms with E-state index >= 15 is 0 Å². The predicted molar refractivity (Wildman–Crippen MR) is 105 cm³/mol. The van der Waals surface area contributed by atoms with Crippen LogP contribution >= 0.6 is 11.6 Å². The molecule has 2 N–H and O–H groups in total. The average Bonchev–Trinajstić information content (AvgIpc) is 2.62. The van der Waals surface area contributed by atoms with E-state index in [1.165, 1.54) is 19.3 Å². The number of pyridine rings is 1. The van der Waals surface area contributed by atoms with Crippen LogP contribution in [0.2, 0.25) is 5.02 Å². The van der Waals surface area contributed by atoms with Crippen LogP contribution in [-0.4, -0.2) is 18.0 Å². The van der Waals surface area contributed by atoms with Gasteiger partial charge in [-0.15, -0.1) is 0 Å². The molecule has 0 unspecified atom stereocenters. The van der Waals surface area contributed by atoms with Gasteiger partial charge in [-0.25, -0.2) is 0 Å². The van der Waals surface area contributed by atoms with Crippen LogP contribution in [0, 0.1) is 6.92 Å². The Balaban J connectivity index is 1.83. The molecular formula is C20H17ClN2O3. The summed E-state index contributed by atoms with van der Waals surface area (Å²) < 4.78 is 5.23. The van der Waals surface area contributed by atoms with E-state index < -0.39 is 0 Å². The zero-order valence-corrected chi connectivity index (χ0v) is 15.1. The molecule has 0 atom stereocenters. The van der Waals surface area contributed by atoms with Crippen molar-refractivity contribution in [3.63, 3.8) is 0 Å². The van der Waals surface area contributed by atoms with E-state index in [2.05, 4.69) is 10.3 Å². The van der Waals surface area contributed by atoms with E-state index in [0.717, 1.165) is 16.5 Å². The standard InChI is InChI=1S/C20H17ClN2O3/c1-12-9-17(18(26-2)11-15(12)21)22-19(24)8-7-14-10-13-5-3-4-6-16(13)23-20(14)25/h3-11H,1-2H3,(H,22,24)(H,23,25)/b8-7+. The van der Waals surface area contributed by atoms with Gasteiger partial charge in [-0.05, 0) is 42.1 Å². The number of benzene rings is 2. The van der Waals surface area contributed by atoms with Crippen LogP contribution in [-0.2, 0) is 4.79 Å². The number of anilines is 1. The maximum absolute atomic E-state index is 12.2. The van der Waals surface area contributed by atoms with Crippen LogP contribution in [0.3, 0.4) is 0 Å². The Hall–Kier alpha value is -3.05. The lowest BCUT2D eigenvalue weighted by atomic mass is 10.1. The van der Waals surface area contributed by atoms with Crippen molar-refractivity contribution in [1.29, 1.82) is 0 Å². The van der Waals surface area contributed by atoms with Crippen LogP contribution in [0.15, 0.2) is 53.3 Å². The second kappa shape index (κ2) is 7.45. The van der Waals surface area contributed by atoms with Gasteiger partial charge in [0.25, 0.3) is 5.56 Å². The maximum Gasteiger partial charge on any atom is 0.255 e. The summed E-state index contributed by atoms with van der Waals surface area (Å²) >= 11 is 6.06. The third kappa shape index (κ3) is 3.78. The molecule has 0 aliphatic heterocycles.